The molecule has 11 nitrogen and oxygen atoms in total. The van der Waals surface area contributed by atoms with Gasteiger partial charge in [-0.05, 0) is 49.8 Å². The Bertz CT molecular complexity index is 1360. The Balaban J connectivity index is 1.17. The number of aromatic nitrogens is 3. The van der Waals surface area contributed by atoms with Crippen molar-refractivity contribution < 1.29 is 18.8 Å². The van der Waals surface area contributed by atoms with Crippen molar-refractivity contribution in [1.82, 2.24) is 24.5 Å². The van der Waals surface area contributed by atoms with E-state index in [2.05, 4.69) is 10.1 Å². The molecule has 3 aromatic rings. The smallest absolute Gasteiger partial charge is 0.328 e. The van der Waals surface area contributed by atoms with E-state index in [0.717, 1.165) is 25.7 Å². The number of benzene rings is 1. The summed E-state index contributed by atoms with van der Waals surface area (Å²) < 4.78 is 11.4. The first kappa shape index (κ1) is 23.8. The molecule has 1 aromatic carbocycles. The van der Waals surface area contributed by atoms with Crippen LogP contribution in [-0.2, 0) is 11.3 Å². The monoisotopic (exact) mass is 495 g/mol. The molecule has 1 aliphatic carbocycles. The Kier molecular flexibility index (Phi) is 6.62. The standard InChI is InChI=1S/C25H29N5O6/c1-35-18-6-7-20-19(14-18)23(32)30(25(34)27-20)15-16-2-4-17(5-3-16)22(31)28-10-12-29(13-11-28)24(33)21-8-9-26-36-21/h6-9,14,16-17H,2-5,10-13,15H2,1H3,(H,27,34)/t16-,17-. The summed E-state index contributed by atoms with van der Waals surface area (Å²) in [5, 5.41) is 3.99. The van der Waals surface area contributed by atoms with Gasteiger partial charge < -0.3 is 24.0 Å². The van der Waals surface area contributed by atoms with Crippen LogP contribution in [0.25, 0.3) is 10.9 Å². The van der Waals surface area contributed by atoms with Crippen molar-refractivity contribution in [2.45, 2.75) is 32.2 Å². The second-order valence-corrected chi connectivity index (χ2v) is 9.47. The van der Waals surface area contributed by atoms with Crippen LogP contribution < -0.4 is 16.0 Å². The molecule has 36 heavy (non-hydrogen) atoms. The van der Waals surface area contributed by atoms with Gasteiger partial charge in [0, 0.05) is 44.7 Å². The molecule has 0 bridgehead atoms. The number of hydrogen-bond acceptors (Lipinski definition) is 7. The lowest BCUT2D eigenvalue weighted by Crippen LogP contribution is -2.52. The molecule has 1 N–H and O–H groups in total. The van der Waals surface area contributed by atoms with Gasteiger partial charge in [-0.1, -0.05) is 5.16 Å². The molecule has 3 heterocycles. The maximum absolute atomic E-state index is 13.1. The number of H-pyrrole nitrogens is 1. The van der Waals surface area contributed by atoms with Gasteiger partial charge in [0.1, 0.15) is 5.75 Å². The maximum Gasteiger partial charge on any atom is 0.328 e. The molecule has 190 valence electrons. The minimum atomic E-state index is -0.423. The number of piperazine rings is 1. The number of carbonyl (C=O) groups is 2. The number of nitrogens with zero attached hydrogens (tertiary/aromatic N) is 4. The van der Waals surface area contributed by atoms with E-state index in [9.17, 15) is 19.2 Å². The molecule has 0 atom stereocenters. The van der Waals surface area contributed by atoms with Crippen molar-refractivity contribution in [3.8, 4) is 5.75 Å². The van der Waals surface area contributed by atoms with E-state index in [1.165, 1.54) is 23.9 Å². The number of hydrogen-bond donors (Lipinski definition) is 1. The van der Waals surface area contributed by atoms with Gasteiger partial charge in [0.2, 0.25) is 11.7 Å². The number of ether oxygens (including phenoxy) is 1. The van der Waals surface area contributed by atoms with Gasteiger partial charge in [-0.3, -0.25) is 19.0 Å². The van der Waals surface area contributed by atoms with Crippen molar-refractivity contribution in [3.05, 3.63) is 57.1 Å². The van der Waals surface area contributed by atoms with E-state index in [4.69, 9.17) is 9.26 Å². The summed E-state index contributed by atoms with van der Waals surface area (Å²) in [6.45, 7) is 2.22. The second kappa shape index (κ2) is 10.00. The Hall–Kier alpha value is -3.89. The molecule has 2 aromatic heterocycles. The SMILES string of the molecule is COc1ccc2[nH]c(=O)n(C[C@H]3CC[C@H](C(=O)N4CCN(C(=O)c5ccno5)CC4)CC3)c(=O)c2c1. The lowest BCUT2D eigenvalue weighted by Gasteiger charge is -2.37. The number of fused-ring (bicyclic) bond motifs is 1. The van der Waals surface area contributed by atoms with Gasteiger partial charge >= 0.3 is 5.69 Å². The van der Waals surface area contributed by atoms with E-state index in [1.807, 2.05) is 4.90 Å². The fraction of sp³-hybridized carbons (Fsp3) is 0.480. The molecule has 2 amide bonds. The third-order valence-electron chi connectivity index (χ3n) is 7.35. The van der Waals surface area contributed by atoms with E-state index in [1.54, 1.807) is 23.1 Å². The molecule has 1 saturated heterocycles. The van der Waals surface area contributed by atoms with Gasteiger partial charge in [-0.25, -0.2) is 4.79 Å². The summed E-state index contributed by atoms with van der Waals surface area (Å²) in [5.41, 5.74) is -0.267. The van der Waals surface area contributed by atoms with E-state index in [0.29, 0.717) is 49.4 Å². The summed E-state index contributed by atoms with van der Waals surface area (Å²) in [5.74, 6) is 0.739. The van der Waals surface area contributed by atoms with Gasteiger partial charge in [0.25, 0.3) is 11.5 Å². The van der Waals surface area contributed by atoms with Crippen molar-refractivity contribution in [2.75, 3.05) is 33.3 Å². The largest absolute Gasteiger partial charge is 0.497 e. The number of amides is 2. The number of carbonyl (C=O) groups excluding carboxylic acids is 2. The Morgan fingerprint density at radius 3 is 2.44 bits per heavy atom. The average molecular weight is 496 g/mol. The predicted octanol–water partition coefficient (Wildman–Crippen LogP) is 1.48. The van der Waals surface area contributed by atoms with Crippen LogP contribution in [0.4, 0.5) is 0 Å². The van der Waals surface area contributed by atoms with E-state index in [-0.39, 0.29) is 35.0 Å². The van der Waals surface area contributed by atoms with Crippen molar-refractivity contribution >= 4 is 22.7 Å². The van der Waals surface area contributed by atoms with Crippen LogP contribution >= 0.6 is 0 Å². The van der Waals surface area contributed by atoms with Crippen LogP contribution in [0, 0.1) is 11.8 Å². The number of aromatic amines is 1. The lowest BCUT2D eigenvalue weighted by molar-refractivity contribution is -0.138. The van der Waals surface area contributed by atoms with Crippen LogP contribution in [-0.4, -0.2) is 69.6 Å². The molecular weight excluding hydrogens is 466 g/mol. The van der Waals surface area contributed by atoms with Gasteiger partial charge in [-0.2, -0.15) is 0 Å². The summed E-state index contributed by atoms with van der Waals surface area (Å²) >= 11 is 0. The molecule has 5 rings (SSSR count). The molecule has 1 aliphatic heterocycles. The zero-order valence-electron chi connectivity index (χ0n) is 20.1. The van der Waals surface area contributed by atoms with E-state index < -0.39 is 5.69 Å². The van der Waals surface area contributed by atoms with Gasteiger partial charge in [0.15, 0.2) is 0 Å². The summed E-state index contributed by atoms with van der Waals surface area (Å²) in [7, 11) is 1.53. The minimum absolute atomic E-state index is 0.0753. The third-order valence-corrected chi connectivity index (χ3v) is 7.35. The molecule has 0 radical (unpaired) electrons. The number of rotatable bonds is 5. The lowest BCUT2D eigenvalue weighted by atomic mass is 9.81. The molecule has 2 fully saturated rings. The average Bonchev–Trinajstić information content (AvgIpc) is 3.46. The molecule has 2 aliphatic rings. The molecule has 1 saturated carbocycles. The van der Waals surface area contributed by atoms with Crippen LogP contribution in [0.5, 0.6) is 5.75 Å². The Morgan fingerprint density at radius 1 is 1.06 bits per heavy atom. The van der Waals surface area contributed by atoms with Gasteiger partial charge in [0.05, 0.1) is 24.2 Å². The van der Waals surface area contributed by atoms with Crippen LogP contribution in [0.3, 0.4) is 0 Å². The summed E-state index contributed by atoms with van der Waals surface area (Å²) in [6.07, 6.45) is 4.40. The summed E-state index contributed by atoms with van der Waals surface area (Å²) in [4.78, 5) is 57.4. The third kappa shape index (κ3) is 4.65. The first-order chi connectivity index (χ1) is 17.4. The highest BCUT2D eigenvalue weighted by Crippen LogP contribution is 2.31. The predicted molar refractivity (Wildman–Crippen MR) is 130 cm³/mol. The van der Waals surface area contributed by atoms with Crippen LogP contribution in [0.1, 0.15) is 36.2 Å². The Labute approximate surface area is 206 Å². The van der Waals surface area contributed by atoms with Crippen LogP contribution in [0.15, 0.2) is 44.6 Å². The maximum atomic E-state index is 13.1. The van der Waals surface area contributed by atoms with E-state index >= 15 is 0 Å². The summed E-state index contributed by atoms with van der Waals surface area (Å²) in [6, 6.07) is 6.55. The Morgan fingerprint density at radius 2 is 1.78 bits per heavy atom. The number of nitrogens with one attached hydrogen (secondary N) is 1. The molecule has 0 unspecified atom stereocenters. The first-order valence-electron chi connectivity index (χ1n) is 12.2. The molecule has 11 heteroatoms. The first-order valence-corrected chi connectivity index (χ1v) is 12.2. The second-order valence-electron chi connectivity index (χ2n) is 9.47. The highest BCUT2D eigenvalue weighted by atomic mass is 16.5. The van der Waals surface area contributed by atoms with Crippen LogP contribution in [0.2, 0.25) is 0 Å². The van der Waals surface area contributed by atoms with Crippen molar-refractivity contribution in [1.29, 1.82) is 0 Å². The minimum Gasteiger partial charge on any atom is -0.497 e. The zero-order chi connectivity index (χ0) is 25.2. The fourth-order valence-corrected chi connectivity index (χ4v) is 5.24. The van der Waals surface area contributed by atoms with Gasteiger partial charge in [-0.15, -0.1) is 0 Å². The number of methoxy groups -OCH3 is 1. The fourth-order valence-electron chi connectivity index (χ4n) is 5.24. The van der Waals surface area contributed by atoms with Crippen molar-refractivity contribution in [3.63, 3.8) is 0 Å². The molecular formula is C25H29N5O6. The van der Waals surface area contributed by atoms with Crippen molar-refractivity contribution in [2.24, 2.45) is 11.8 Å². The topological polar surface area (TPSA) is 131 Å². The molecule has 0 spiro atoms. The normalized spacial score (nSPS) is 20.5. The highest BCUT2D eigenvalue weighted by molar-refractivity contribution is 5.91. The quantitative estimate of drug-likeness (QED) is 0.567. The zero-order valence-corrected chi connectivity index (χ0v) is 20.1. The highest BCUT2D eigenvalue weighted by Gasteiger charge is 2.33.